The van der Waals surface area contributed by atoms with Crippen LogP contribution in [0, 0.1) is 0 Å². The molecular weight excluding hydrogens is 294 g/mol. The molecule has 0 saturated heterocycles. The minimum Gasteiger partial charge on any atom is -0.374 e. The Labute approximate surface area is 139 Å². The SMILES string of the molecule is CCCCN(CCCC)CCC[Si](OCC)(OCC)OCC. The quantitative estimate of drug-likeness (QED) is 0.393. The summed E-state index contributed by atoms with van der Waals surface area (Å²) in [5.74, 6) is 0. The molecule has 134 valence electrons. The number of hydrogen-bond acceptors (Lipinski definition) is 4. The van der Waals surface area contributed by atoms with E-state index in [1.54, 1.807) is 0 Å². The Morgan fingerprint density at radius 1 is 0.636 bits per heavy atom. The van der Waals surface area contributed by atoms with Gasteiger partial charge in [-0.05, 0) is 59.7 Å². The molecule has 22 heavy (non-hydrogen) atoms. The van der Waals surface area contributed by atoms with Crippen LogP contribution in [-0.4, -0.2) is 53.2 Å². The summed E-state index contributed by atoms with van der Waals surface area (Å²) in [5, 5.41) is 0. The van der Waals surface area contributed by atoms with E-state index in [2.05, 4.69) is 18.7 Å². The van der Waals surface area contributed by atoms with E-state index in [0.29, 0.717) is 19.8 Å². The van der Waals surface area contributed by atoms with Gasteiger partial charge >= 0.3 is 8.80 Å². The fourth-order valence-electron chi connectivity index (χ4n) is 2.62. The Kier molecular flexibility index (Phi) is 14.7. The van der Waals surface area contributed by atoms with Crippen molar-refractivity contribution in [3.63, 3.8) is 0 Å². The van der Waals surface area contributed by atoms with Gasteiger partial charge < -0.3 is 18.2 Å². The van der Waals surface area contributed by atoms with Crippen molar-refractivity contribution in [2.75, 3.05) is 39.5 Å². The van der Waals surface area contributed by atoms with Crippen LogP contribution in [0.25, 0.3) is 0 Å². The zero-order valence-electron chi connectivity index (χ0n) is 15.7. The van der Waals surface area contributed by atoms with Gasteiger partial charge in [0.25, 0.3) is 0 Å². The van der Waals surface area contributed by atoms with Gasteiger partial charge in [0.2, 0.25) is 0 Å². The van der Waals surface area contributed by atoms with Crippen molar-refractivity contribution in [3.8, 4) is 0 Å². The van der Waals surface area contributed by atoms with Crippen LogP contribution in [-0.2, 0) is 13.3 Å². The maximum atomic E-state index is 5.93. The van der Waals surface area contributed by atoms with E-state index in [-0.39, 0.29) is 0 Å². The second-order valence-electron chi connectivity index (χ2n) is 5.63. The molecule has 0 amide bonds. The zero-order chi connectivity index (χ0) is 16.7. The summed E-state index contributed by atoms with van der Waals surface area (Å²) >= 11 is 0. The zero-order valence-corrected chi connectivity index (χ0v) is 16.7. The molecule has 0 bridgehead atoms. The van der Waals surface area contributed by atoms with E-state index in [1.807, 2.05) is 20.8 Å². The lowest BCUT2D eigenvalue weighted by Crippen LogP contribution is -2.46. The third kappa shape index (κ3) is 9.95. The lowest BCUT2D eigenvalue weighted by atomic mass is 10.2. The normalized spacial score (nSPS) is 12.3. The second kappa shape index (κ2) is 14.6. The van der Waals surface area contributed by atoms with Gasteiger partial charge in [0, 0.05) is 25.9 Å². The average Bonchev–Trinajstić information content (AvgIpc) is 2.50. The Bertz CT molecular complexity index is 217. The van der Waals surface area contributed by atoms with E-state index in [4.69, 9.17) is 13.3 Å². The molecule has 0 aromatic rings. The smallest absolute Gasteiger partial charge is 0.374 e. The molecule has 0 aliphatic rings. The summed E-state index contributed by atoms with van der Waals surface area (Å²) in [7, 11) is -2.45. The van der Waals surface area contributed by atoms with E-state index >= 15 is 0 Å². The monoisotopic (exact) mass is 333 g/mol. The first-order valence-electron chi connectivity index (χ1n) is 9.32. The van der Waals surface area contributed by atoms with Gasteiger partial charge in [0.1, 0.15) is 0 Å². The highest BCUT2D eigenvalue weighted by Crippen LogP contribution is 2.18. The van der Waals surface area contributed by atoms with Crippen molar-refractivity contribution in [2.24, 2.45) is 0 Å². The molecule has 0 unspecified atom stereocenters. The van der Waals surface area contributed by atoms with Crippen LogP contribution in [0.4, 0.5) is 0 Å². The first kappa shape index (κ1) is 22.1. The Hall–Kier alpha value is 0.0569. The number of nitrogens with zero attached hydrogens (tertiary/aromatic N) is 1. The number of unbranched alkanes of at least 4 members (excludes halogenated alkanes) is 2. The topological polar surface area (TPSA) is 30.9 Å². The molecule has 0 heterocycles. The van der Waals surface area contributed by atoms with Gasteiger partial charge in [-0.1, -0.05) is 26.7 Å². The molecule has 0 atom stereocenters. The first-order chi connectivity index (χ1) is 10.7. The van der Waals surface area contributed by atoms with Gasteiger partial charge in [-0.25, -0.2) is 0 Å². The molecule has 0 saturated carbocycles. The number of rotatable bonds is 16. The van der Waals surface area contributed by atoms with Gasteiger partial charge in [0.05, 0.1) is 0 Å². The minimum absolute atomic E-state index is 0.668. The van der Waals surface area contributed by atoms with E-state index < -0.39 is 8.80 Å². The van der Waals surface area contributed by atoms with Crippen molar-refractivity contribution in [1.29, 1.82) is 0 Å². The molecule has 0 aromatic carbocycles. The first-order valence-corrected chi connectivity index (χ1v) is 11.2. The summed E-state index contributed by atoms with van der Waals surface area (Å²) in [6, 6.07) is 0.928. The molecular formula is C17H39NO3Si. The molecule has 0 fully saturated rings. The Morgan fingerprint density at radius 2 is 1.05 bits per heavy atom. The van der Waals surface area contributed by atoms with E-state index in [9.17, 15) is 0 Å². The lowest BCUT2D eigenvalue weighted by Gasteiger charge is -2.29. The van der Waals surface area contributed by atoms with E-state index in [0.717, 1.165) is 19.0 Å². The summed E-state index contributed by atoms with van der Waals surface area (Å²) in [6.45, 7) is 16.1. The third-order valence-corrected chi connectivity index (χ3v) is 6.86. The molecule has 0 aliphatic heterocycles. The molecule has 5 heteroatoms. The molecule has 0 aromatic heterocycles. The average molecular weight is 334 g/mol. The predicted molar refractivity (Wildman–Crippen MR) is 96.3 cm³/mol. The van der Waals surface area contributed by atoms with Crippen LogP contribution in [0.5, 0.6) is 0 Å². The predicted octanol–water partition coefficient (Wildman–Crippen LogP) is 4.33. The van der Waals surface area contributed by atoms with Crippen LogP contribution in [0.3, 0.4) is 0 Å². The van der Waals surface area contributed by atoms with Crippen LogP contribution in [0.1, 0.15) is 66.7 Å². The third-order valence-electron chi connectivity index (χ3n) is 3.71. The highest BCUT2D eigenvalue weighted by Gasteiger charge is 2.39. The van der Waals surface area contributed by atoms with Crippen LogP contribution in [0.2, 0.25) is 6.04 Å². The van der Waals surface area contributed by atoms with Gasteiger partial charge in [0.15, 0.2) is 0 Å². The standard InChI is InChI=1S/C17H39NO3Si/c1-6-11-14-18(15-12-7-2)16-13-17-22(19-8-3,20-9-4)21-10-5/h6-17H2,1-5H3. The van der Waals surface area contributed by atoms with Crippen LogP contribution < -0.4 is 0 Å². The highest BCUT2D eigenvalue weighted by molar-refractivity contribution is 6.60. The van der Waals surface area contributed by atoms with Gasteiger partial charge in [-0.15, -0.1) is 0 Å². The summed E-state index contributed by atoms with van der Waals surface area (Å²) < 4.78 is 17.8. The molecule has 0 N–H and O–H groups in total. The molecule has 0 spiro atoms. The molecule has 0 rings (SSSR count). The fraction of sp³-hybridized carbons (Fsp3) is 1.00. The molecule has 4 nitrogen and oxygen atoms in total. The van der Waals surface area contributed by atoms with Crippen molar-refractivity contribution in [2.45, 2.75) is 72.8 Å². The van der Waals surface area contributed by atoms with Gasteiger partial charge in [-0.3, -0.25) is 0 Å². The van der Waals surface area contributed by atoms with Crippen LogP contribution in [0.15, 0.2) is 0 Å². The van der Waals surface area contributed by atoms with Crippen molar-refractivity contribution >= 4 is 8.80 Å². The van der Waals surface area contributed by atoms with E-state index in [1.165, 1.54) is 38.8 Å². The maximum Gasteiger partial charge on any atom is 0.500 e. The fourth-order valence-corrected chi connectivity index (χ4v) is 5.21. The Balaban J connectivity index is 4.39. The second-order valence-corrected chi connectivity index (χ2v) is 8.37. The van der Waals surface area contributed by atoms with Crippen LogP contribution >= 0.6 is 0 Å². The molecule has 0 aliphatic carbocycles. The summed E-state index contributed by atoms with van der Waals surface area (Å²) in [5.41, 5.74) is 0. The largest absolute Gasteiger partial charge is 0.500 e. The Morgan fingerprint density at radius 3 is 1.41 bits per heavy atom. The summed E-state index contributed by atoms with van der Waals surface area (Å²) in [6.07, 6.45) is 6.19. The van der Waals surface area contributed by atoms with Crippen molar-refractivity contribution in [3.05, 3.63) is 0 Å². The van der Waals surface area contributed by atoms with Crippen molar-refractivity contribution in [1.82, 2.24) is 4.90 Å². The number of hydrogen-bond donors (Lipinski definition) is 0. The minimum atomic E-state index is -2.45. The summed E-state index contributed by atoms with van der Waals surface area (Å²) in [4.78, 5) is 2.59. The molecule has 0 radical (unpaired) electrons. The van der Waals surface area contributed by atoms with Crippen molar-refractivity contribution < 1.29 is 13.3 Å². The van der Waals surface area contributed by atoms with Gasteiger partial charge in [-0.2, -0.15) is 0 Å². The maximum absolute atomic E-state index is 5.93. The highest BCUT2D eigenvalue weighted by atomic mass is 28.4. The lowest BCUT2D eigenvalue weighted by molar-refractivity contribution is 0.0698.